The number of halogens is 2. The van der Waals surface area contributed by atoms with Gasteiger partial charge < -0.3 is 4.90 Å². The van der Waals surface area contributed by atoms with Crippen LogP contribution in [0.4, 0.5) is 4.39 Å². The van der Waals surface area contributed by atoms with Gasteiger partial charge in [0.15, 0.2) is 5.17 Å². The van der Waals surface area contributed by atoms with Crippen molar-refractivity contribution < 1.29 is 9.18 Å². The summed E-state index contributed by atoms with van der Waals surface area (Å²) in [6, 6.07) is 4.70. The summed E-state index contributed by atoms with van der Waals surface area (Å²) >= 11 is 4.56. The fraction of sp³-hybridized carbons (Fsp3) is 0.333. The lowest BCUT2D eigenvalue weighted by molar-refractivity contribution is -0.113. The van der Waals surface area contributed by atoms with E-state index in [0.717, 1.165) is 36.7 Å². The lowest BCUT2D eigenvalue weighted by Gasteiger charge is -2.27. The molecule has 1 saturated heterocycles. The largest absolute Gasteiger partial charge is 0.351 e. The zero-order chi connectivity index (χ0) is 14.8. The van der Waals surface area contributed by atoms with Gasteiger partial charge in [-0.2, -0.15) is 4.99 Å². The highest BCUT2D eigenvalue weighted by molar-refractivity contribution is 9.10. The minimum Gasteiger partial charge on any atom is -0.351 e. The van der Waals surface area contributed by atoms with Crippen molar-refractivity contribution in [1.29, 1.82) is 0 Å². The van der Waals surface area contributed by atoms with Gasteiger partial charge in [0.1, 0.15) is 5.82 Å². The van der Waals surface area contributed by atoms with E-state index in [2.05, 4.69) is 25.8 Å². The minimum atomic E-state index is -0.312. The number of carbonyl (C=O) groups is 1. The highest BCUT2D eigenvalue weighted by Crippen LogP contribution is 2.32. The van der Waals surface area contributed by atoms with Gasteiger partial charge in [-0.05, 0) is 70.7 Å². The quantitative estimate of drug-likeness (QED) is 0.701. The Labute approximate surface area is 135 Å². The first-order chi connectivity index (χ1) is 10.1. The number of aliphatic imine (C=N–C) groups is 1. The van der Waals surface area contributed by atoms with Gasteiger partial charge in [-0.1, -0.05) is 6.07 Å². The molecule has 2 heterocycles. The van der Waals surface area contributed by atoms with Crippen LogP contribution in [0.3, 0.4) is 0 Å². The van der Waals surface area contributed by atoms with Gasteiger partial charge in [0.2, 0.25) is 0 Å². The number of piperidine rings is 1. The average molecular weight is 369 g/mol. The lowest BCUT2D eigenvalue weighted by atomic mass is 10.1. The third-order valence-electron chi connectivity index (χ3n) is 3.48. The van der Waals surface area contributed by atoms with Crippen molar-refractivity contribution >= 4 is 44.8 Å². The molecule has 3 rings (SSSR count). The topological polar surface area (TPSA) is 32.7 Å². The van der Waals surface area contributed by atoms with Crippen LogP contribution in [-0.4, -0.2) is 29.1 Å². The molecule has 0 atom stereocenters. The van der Waals surface area contributed by atoms with Crippen LogP contribution in [0.2, 0.25) is 0 Å². The van der Waals surface area contributed by atoms with Crippen molar-refractivity contribution in [3.8, 4) is 0 Å². The van der Waals surface area contributed by atoms with Crippen molar-refractivity contribution in [1.82, 2.24) is 4.90 Å². The highest BCUT2D eigenvalue weighted by atomic mass is 79.9. The van der Waals surface area contributed by atoms with Crippen LogP contribution < -0.4 is 0 Å². The summed E-state index contributed by atoms with van der Waals surface area (Å²) < 4.78 is 13.6. The van der Waals surface area contributed by atoms with Gasteiger partial charge in [0.05, 0.1) is 9.38 Å². The van der Waals surface area contributed by atoms with Crippen molar-refractivity contribution in [3.63, 3.8) is 0 Å². The molecule has 1 amide bonds. The van der Waals surface area contributed by atoms with Gasteiger partial charge in [-0.25, -0.2) is 4.39 Å². The van der Waals surface area contributed by atoms with Crippen LogP contribution in [-0.2, 0) is 4.79 Å². The van der Waals surface area contributed by atoms with Crippen LogP contribution in [0.15, 0.2) is 32.6 Å². The molecule has 2 aliphatic heterocycles. The third-order valence-corrected chi connectivity index (χ3v) is 5.13. The maximum Gasteiger partial charge on any atom is 0.286 e. The van der Waals surface area contributed by atoms with E-state index in [1.165, 1.54) is 24.2 Å². The second-order valence-corrected chi connectivity index (χ2v) is 6.89. The van der Waals surface area contributed by atoms with E-state index in [9.17, 15) is 9.18 Å². The van der Waals surface area contributed by atoms with E-state index in [1.54, 1.807) is 18.2 Å². The molecular formula is C15H14BrFN2OS. The molecule has 0 N–H and O–H groups in total. The Kier molecular flexibility index (Phi) is 4.45. The molecule has 0 unspecified atom stereocenters. The van der Waals surface area contributed by atoms with E-state index < -0.39 is 0 Å². The lowest BCUT2D eigenvalue weighted by Crippen LogP contribution is -2.33. The molecule has 3 nitrogen and oxygen atoms in total. The number of benzene rings is 1. The van der Waals surface area contributed by atoms with Crippen LogP contribution in [0, 0.1) is 5.82 Å². The first-order valence-electron chi connectivity index (χ1n) is 6.86. The molecule has 1 aromatic carbocycles. The molecule has 0 aromatic heterocycles. The number of likely N-dealkylation sites (tertiary alicyclic amines) is 1. The Morgan fingerprint density at radius 3 is 2.76 bits per heavy atom. The second-order valence-electron chi connectivity index (χ2n) is 5.03. The highest BCUT2D eigenvalue weighted by Gasteiger charge is 2.26. The van der Waals surface area contributed by atoms with E-state index in [4.69, 9.17) is 0 Å². The van der Waals surface area contributed by atoms with Gasteiger partial charge >= 0.3 is 0 Å². The summed E-state index contributed by atoms with van der Waals surface area (Å²) in [5.41, 5.74) is 0.786. The van der Waals surface area contributed by atoms with Crippen LogP contribution >= 0.6 is 27.7 Å². The van der Waals surface area contributed by atoms with Gasteiger partial charge in [0.25, 0.3) is 5.91 Å². The number of hydrogen-bond donors (Lipinski definition) is 0. The van der Waals surface area contributed by atoms with Crippen molar-refractivity contribution in [2.24, 2.45) is 4.99 Å². The molecular weight excluding hydrogens is 355 g/mol. The predicted molar refractivity (Wildman–Crippen MR) is 87.5 cm³/mol. The average Bonchev–Trinajstić information content (AvgIpc) is 2.85. The fourth-order valence-electron chi connectivity index (χ4n) is 2.37. The van der Waals surface area contributed by atoms with Gasteiger partial charge in [-0.15, -0.1) is 0 Å². The number of rotatable bonds is 1. The number of amidine groups is 1. The molecule has 0 saturated carbocycles. The van der Waals surface area contributed by atoms with E-state index in [0.29, 0.717) is 9.38 Å². The Balaban J connectivity index is 1.77. The van der Waals surface area contributed by atoms with Crippen LogP contribution in [0.5, 0.6) is 0 Å². The van der Waals surface area contributed by atoms with Crippen LogP contribution in [0.25, 0.3) is 6.08 Å². The maximum absolute atomic E-state index is 13.2. The monoisotopic (exact) mass is 368 g/mol. The first kappa shape index (κ1) is 14.8. The van der Waals surface area contributed by atoms with Crippen molar-refractivity contribution in [3.05, 3.63) is 39.0 Å². The molecule has 0 bridgehead atoms. The smallest absolute Gasteiger partial charge is 0.286 e. The number of nitrogens with zero attached hydrogens (tertiary/aromatic N) is 2. The van der Waals surface area contributed by atoms with E-state index >= 15 is 0 Å². The zero-order valence-electron chi connectivity index (χ0n) is 11.3. The molecule has 21 heavy (non-hydrogen) atoms. The predicted octanol–water partition coefficient (Wildman–Crippen LogP) is 4.04. The Hall–Kier alpha value is -1.14. The van der Waals surface area contributed by atoms with Crippen molar-refractivity contribution in [2.75, 3.05) is 13.1 Å². The summed E-state index contributed by atoms with van der Waals surface area (Å²) in [4.78, 5) is 18.9. The third kappa shape index (κ3) is 3.37. The summed E-state index contributed by atoms with van der Waals surface area (Å²) in [7, 11) is 0. The minimum absolute atomic E-state index is 0.207. The standard InChI is InChI=1S/C15H14BrFN2OS/c16-11-8-10(4-5-12(11)17)9-13-14(20)18-15(21-13)19-6-2-1-3-7-19/h4-5,8-9H,1-3,6-7H2/b13-9-. The van der Waals surface area contributed by atoms with Gasteiger partial charge in [-0.3, -0.25) is 4.79 Å². The molecule has 0 radical (unpaired) electrons. The zero-order valence-corrected chi connectivity index (χ0v) is 13.7. The Morgan fingerprint density at radius 2 is 2.05 bits per heavy atom. The molecule has 1 fully saturated rings. The summed E-state index contributed by atoms with van der Waals surface area (Å²) in [6.45, 7) is 1.93. The summed E-state index contributed by atoms with van der Waals surface area (Å²) in [5, 5.41) is 0.798. The molecule has 110 valence electrons. The SMILES string of the molecule is O=C1N=C(N2CCCCC2)S/C1=C\c1ccc(F)c(Br)c1. The van der Waals surface area contributed by atoms with Gasteiger partial charge in [0, 0.05) is 13.1 Å². The second kappa shape index (κ2) is 6.32. The number of hydrogen-bond acceptors (Lipinski definition) is 3. The first-order valence-corrected chi connectivity index (χ1v) is 8.47. The summed E-state index contributed by atoms with van der Waals surface area (Å²) in [5.74, 6) is -0.520. The fourth-order valence-corrected chi connectivity index (χ4v) is 3.73. The molecule has 0 aliphatic carbocycles. The number of amides is 1. The number of thioether (sulfide) groups is 1. The molecule has 0 spiro atoms. The molecule has 2 aliphatic rings. The van der Waals surface area contributed by atoms with E-state index in [1.807, 2.05) is 0 Å². The Morgan fingerprint density at radius 1 is 1.29 bits per heavy atom. The summed E-state index contributed by atoms with van der Waals surface area (Å²) in [6.07, 6.45) is 5.31. The van der Waals surface area contributed by atoms with Crippen LogP contribution in [0.1, 0.15) is 24.8 Å². The number of carbonyl (C=O) groups excluding carboxylic acids is 1. The molecule has 6 heteroatoms. The Bertz CT molecular complexity index is 639. The maximum atomic E-state index is 13.2. The normalized spacial score (nSPS) is 21.0. The molecule has 1 aromatic rings. The van der Waals surface area contributed by atoms with Crippen molar-refractivity contribution in [2.45, 2.75) is 19.3 Å². The van der Waals surface area contributed by atoms with E-state index in [-0.39, 0.29) is 11.7 Å².